The average molecular weight is 466 g/mol. The van der Waals surface area contributed by atoms with Crippen molar-refractivity contribution in [1.82, 2.24) is 14.5 Å². The van der Waals surface area contributed by atoms with Crippen LogP contribution in [-0.2, 0) is 48.9 Å². The molecule has 2 aromatic carbocycles. The van der Waals surface area contributed by atoms with Crippen LogP contribution in [0.1, 0.15) is 34.5 Å². The van der Waals surface area contributed by atoms with E-state index in [9.17, 15) is 0 Å². The summed E-state index contributed by atoms with van der Waals surface area (Å²) >= 11 is 6.47. The summed E-state index contributed by atoms with van der Waals surface area (Å²) in [6.45, 7) is 3.92. The molecule has 1 aliphatic carbocycles. The summed E-state index contributed by atoms with van der Waals surface area (Å²) < 4.78 is 13.1. The van der Waals surface area contributed by atoms with Gasteiger partial charge in [0, 0.05) is 45.3 Å². The maximum atomic E-state index is 6.47. The summed E-state index contributed by atoms with van der Waals surface area (Å²) in [4.78, 5) is 7.64. The van der Waals surface area contributed by atoms with E-state index >= 15 is 0 Å². The minimum Gasteiger partial charge on any atom is -0.382 e. The Morgan fingerprint density at radius 1 is 1.09 bits per heavy atom. The van der Waals surface area contributed by atoms with Gasteiger partial charge in [0.15, 0.2) is 0 Å². The number of aromatic nitrogens is 2. The molecule has 3 aromatic rings. The van der Waals surface area contributed by atoms with Crippen LogP contribution in [0, 0.1) is 0 Å². The van der Waals surface area contributed by atoms with Gasteiger partial charge < -0.3 is 14.0 Å². The number of hydrogen-bond acceptors (Lipinski definition) is 4. The first kappa shape index (κ1) is 22.6. The molecule has 0 spiro atoms. The fraction of sp³-hybridized carbons (Fsp3) is 0.444. The Labute approximate surface area is 201 Å². The summed E-state index contributed by atoms with van der Waals surface area (Å²) in [6.07, 6.45) is 4.45. The standard InChI is InChI=1S/C27H32ClN3O2/c1-30-26-17-31(12-11-25(26)29-27(30)23-5-3-4-6-24(23)28)22-10-9-20-8-7-19(15-21(20)16-22)18-33-14-13-32-2/h3-8,15,22H,9-14,16-18H2,1-2H3. The molecule has 6 heteroatoms. The van der Waals surface area contributed by atoms with Crippen LogP contribution in [0.2, 0.25) is 5.02 Å². The number of benzene rings is 2. The molecule has 2 aliphatic rings. The zero-order valence-electron chi connectivity index (χ0n) is 19.5. The smallest absolute Gasteiger partial charge is 0.141 e. The molecule has 0 N–H and O–H groups in total. The number of hydrogen-bond donors (Lipinski definition) is 0. The van der Waals surface area contributed by atoms with Crippen molar-refractivity contribution in [3.8, 4) is 11.4 Å². The summed E-state index contributed by atoms with van der Waals surface area (Å²) in [6, 6.07) is 15.4. The minimum atomic E-state index is 0.564. The Balaban J connectivity index is 1.30. The number of imidazole rings is 1. The largest absolute Gasteiger partial charge is 0.382 e. The molecule has 1 aromatic heterocycles. The maximum absolute atomic E-state index is 6.47. The molecule has 0 radical (unpaired) electrons. The normalized spacial score (nSPS) is 18.2. The van der Waals surface area contributed by atoms with Crippen molar-refractivity contribution in [3.63, 3.8) is 0 Å². The first-order valence-electron chi connectivity index (χ1n) is 11.8. The molecule has 2 heterocycles. The van der Waals surface area contributed by atoms with Crippen LogP contribution in [0.5, 0.6) is 0 Å². The van der Waals surface area contributed by atoms with Crippen molar-refractivity contribution < 1.29 is 9.47 Å². The monoisotopic (exact) mass is 465 g/mol. The number of methoxy groups -OCH3 is 1. The average Bonchev–Trinajstić information content (AvgIpc) is 3.17. The lowest BCUT2D eigenvalue weighted by atomic mass is 9.86. The third-order valence-electron chi connectivity index (χ3n) is 7.09. The molecule has 5 nitrogen and oxygen atoms in total. The first-order valence-corrected chi connectivity index (χ1v) is 12.2. The predicted octanol–water partition coefficient (Wildman–Crippen LogP) is 4.82. The van der Waals surface area contributed by atoms with E-state index in [1.165, 1.54) is 34.5 Å². The highest BCUT2D eigenvalue weighted by Gasteiger charge is 2.30. The SMILES string of the molecule is COCCOCc1ccc2c(c1)CC(N1CCc3nc(-c4ccccc4Cl)n(C)c3C1)CC2. The second-order valence-corrected chi connectivity index (χ2v) is 9.54. The number of ether oxygens (including phenoxy) is 2. The van der Waals surface area contributed by atoms with Gasteiger partial charge in [-0.1, -0.05) is 41.9 Å². The van der Waals surface area contributed by atoms with Crippen LogP contribution >= 0.6 is 11.6 Å². The molecule has 5 rings (SSSR count). The lowest BCUT2D eigenvalue weighted by Crippen LogP contribution is -2.42. The molecule has 0 bridgehead atoms. The summed E-state index contributed by atoms with van der Waals surface area (Å²) in [5, 5.41) is 0.755. The molecular formula is C27H32ClN3O2. The summed E-state index contributed by atoms with van der Waals surface area (Å²) in [7, 11) is 3.83. The fourth-order valence-corrected chi connectivity index (χ4v) is 5.45. The molecule has 0 saturated heterocycles. The van der Waals surface area contributed by atoms with E-state index in [0.717, 1.165) is 48.8 Å². The van der Waals surface area contributed by atoms with Crippen molar-refractivity contribution in [2.24, 2.45) is 7.05 Å². The van der Waals surface area contributed by atoms with Gasteiger partial charge in [-0.05, 0) is 48.1 Å². The van der Waals surface area contributed by atoms with E-state index in [4.69, 9.17) is 26.1 Å². The van der Waals surface area contributed by atoms with Crippen LogP contribution in [0.3, 0.4) is 0 Å². The van der Waals surface area contributed by atoms with Crippen LogP contribution in [0.25, 0.3) is 11.4 Å². The van der Waals surface area contributed by atoms with Crippen LogP contribution < -0.4 is 0 Å². The zero-order valence-corrected chi connectivity index (χ0v) is 20.3. The number of nitrogens with zero attached hydrogens (tertiary/aromatic N) is 3. The highest BCUT2D eigenvalue weighted by atomic mass is 35.5. The third-order valence-corrected chi connectivity index (χ3v) is 7.42. The van der Waals surface area contributed by atoms with Gasteiger partial charge in [0.1, 0.15) is 5.82 Å². The lowest BCUT2D eigenvalue weighted by molar-refractivity contribution is 0.0616. The Bertz CT molecular complexity index is 1130. The topological polar surface area (TPSA) is 39.5 Å². The van der Waals surface area contributed by atoms with Crippen molar-refractivity contribution in [1.29, 1.82) is 0 Å². The van der Waals surface area contributed by atoms with Gasteiger partial charge in [-0.3, -0.25) is 4.90 Å². The zero-order chi connectivity index (χ0) is 22.8. The Morgan fingerprint density at radius 3 is 2.82 bits per heavy atom. The first-order chi connectivity index (χ1) is 16.1. The molecule has 1 atom stereocenters. The number of halogens is 1. The second-order valence-electron chi connectivity index (χ2n) is 9.13. The number of fused-ring (bicyclic) bond motifs is 2. The highest BCUT2D eigenvalue weighted by Crippen LogP contribution is 2.33. The van der Waals surface area contributed by atoms with Gasteiger partial charge in [0.25, 0.3) is 0 Å². The minimum absolute atomic E-state index is 0.564. The molecule has 174 valence electrons. The third kappa shape index (κ3) is 4.73. The fourth-order valence-electron chi connectivity index (χ4n) is 5.23. The maximum Gasteiger partial charge on any atom is 0.141 e. The van der Waals surface area contributed by atoms with Crippen LogP contribution in [0.15, 0.2) is 42.5 Å². The van der Waals surface area contributed by atoms with E-state index < -0.39 is 0 Å². The van der Waals surface area contributed by atoms with E-state index in [2.05, 4.69) is 40.8 Å². The molecule has 0 saturated carbocycles. The highest BCUT2D eigenvalue weighted by molar-refractivity contribution is 6.33. The van der Waals surface area contributed by atoms with E-state index in [-0.39, 0.29) is 0 Å². The Hall–Kier alpha value is -2.18. The molecule has 33 heavy (non-hydrogen) atoms. The molecule has 0 fully saturated rings. The van der Waals surface area contributed by atoms with Crippen molar-refractivity contribution in [3.05, 3.63) is 75.6 Å². The van der Waals surface area contributed by atoms with Gasteiger partial charge in [-0.15, -0.1) is 0 Å². The van der Waals surface area contributed by atoms with Gasteiger partial charge >= 0.3 is 0 Å². The predicted molar refractivity (Wildman–Crippen MR) is 132 cm³/mol. The Morgan fingerprint density at radius 2 is 1.97 bits per heavy atom. The number of rotatable bonds is 7. The lowest BCUT2D eigenvalue weighted by Gasteiger charge is -2.37. The van der Waals surface area contributed by atoms with Crippen LogP contribution in [0.4, 0.5) is 0 Å². The molecule has 0 amide bonds. The van der Waals surface area contributed by atoms with E-state index in [1.54, 1.807) is 7.11 Å². The molecular weight excluding hydrogens is 434 g/mol. The molecule has 1 aliphatic heterocycles. The van der Waals surface area contributed by atoms with Crippen molar-refractivity contribution in [2.75, 3.05) is 26.9 Å². The van der Waals surface area contributed by atoms with Crippen molar-refractivity contribution >= 4 is 11.6 Å². The number of aryl methyl sites for hydroxylation is 1. The summed E-state index contributed by atoms with van der Waals surface area (Å²) in [5.74, 6) is 0.972. The second kappa shape index (κ2) is 9.98. The summed E-state index contributed by atoms with van der Waals surface area (Å²) in [5.41, 5.74) is 7.77. The Kier molecular flexibility index (Phi) is 6.84. The van der Waals surface area contributed by atoms with Crippen LogP contribution in [-0.4, -0.2) is 47.4 Å². The quantitative estimate of drug-likeness (QED) is 0.469. The van der Waals surface area contributed by atoms with Crippen molar-refractivity contribution in [2.45, 2.75) is 44.9 Å². The van der Waals surface area contributed by atoms with Gasteiger partial charge in [-0.2, -0.15) is 0 Å². The van der Waals surface area contributed by atoms with E-state index in [1.807, 2.05) is 18.2 Å². The van der Waals surface area contributed by atoms with E-state index in [0.29, 0.717) is 25.9 Å². The van der Waals surface area contributed by atoms with Gasteiger partial charge in [0.05, 0.1) is 36.2 Å². The van der Waals surface area contributed by atoms with Gasteiger partial charge in [0.2, 0.25) is 0 Å². The van der Waals surface area contributed by atoms with Gasteiger partial charge in [-0.25, -0.2) is 4.98 Å². The molecule has 1 unspecified atom stereocenters.